The molecule has 2 aromatic rings. The molecule has 28 heavy (non-hydrogen) atoms. The van der Waals surface area contributed by atoms with E-state index in [9.17, 15) is 5.26 Å². The molecule has 0 unspecified atom stereocenters. The second kappa shape index (κ2) is 6.20. The molecule has 140 valence electrons. The van der Waals surface area contributed by atoms with Crippen LogP contribution >= 0.6 is 0 Å². The lowest BCUT2D eigenvalue weighted by Gasteiger charge is -2.37. The fraction of sp³-hybridized carbons (Fsp3) is 0.238. The van der Waals surface area contributed by atoms with Crippen molar-refractivity contribution in [1.82, 2.24) is 0 Å². The SMILES string of the molecule is CC1=NN(c2ccccc2)[C@@H]2OC(N)=C(C#N)[C@@H](c3ccc4c(c3)OCO4)[C@@H]12. The van der Waals surface area contributed by atoms with E-state index >= 15 is 0 Å². The average Bonchev–Trinajstić information content (AvgIpc) is 3.31. The zero-order valence-corrected chi connectivity index (χ0v) is 15.2. The number of fused-ring (bicyclic) bond motifs is 2. The van der Waals surface area contributed by atoms with Crippen molar-refractivity contribution in [3.63, 3.8) is 0 Å². The highest BCUT2D eigenvalue weighted by atomic mass is 16.7. The lowest BCUT2D eigenvalue weighted by molar-refractivity contribution is 0.0662. The van der Waals surface area contributed by atoms with Crippen LogP contribution in [0.25, 0.3) is 0 Å². The Bertz CT molecular complexity index is 1040. The number of hydrazone groups is 1. The Morgan fingerprint density at radius 3 is 2.71 bits per heavy atom. The second-order valence-corrected chi connectivity index (χ2v) is 6.94. The fourth-order valence-electron chi connectivity index (χ4n) is 4.10. The highest BCUT2D eigenvalue weighted by Gasteiger charge is 2.49. The predicted molar refractivity (Wildman–Crippen MR) is 103 cm³/mol. The lowest BCUT2D eigenvalue weighted by atomic mass is 9.76. The second-order valence-electron chi connectivity index (χ2n) is 6.94. The number of allylic oxidation sites excluding steroid dienone is 1. The van der Waals surface area contributed by atoms with Crippen LogP contribution in [0.5, 0.6) is 11.5 Å². The molecule has 0 aliphatic carbocycles. The van der Waals surface area contributed by atoms with Crippen LogP contribution in [-0.4, -0.2) is 18.7 Å². The van der Waals surface area contributed by atoms with Gasteiger partial charge in [0.1, 0.15) is 6.07 Å². The van der Waals surface area contributed by atoms with Gasteiger partial charge in [-0.25, -0.2) is 5.01 Å². The molecule has 0 aromatic heterocycles. The zero-order chi connectivity index (χ0) is 19.3. The van der Waals surface area contributed by atoms with Crippen LogP contribution in [0.4, 0.5) is 5.69 Å². The molecule has 7 nitrogen and oxygen atoms in total. The Labute approximate surface area is 162 Å². The monoisotopic (exact) mass is 374 g/mol. The Morgan fingerprint density at radius 2 is 1.93 bits per heavy atom. The largest absolute Gasteiger partial charge is 0.454 e. The first-order valence-corrected chi connectivity index (χ1v) is 9.02. The molecule has 5 rings (SSSR count). The topological polar surface area (TPSA) is 93.1 Å². The van der Waals surface area contributed by atoms with Gasteiger partial charge in [-0.15, -0.1) is 0 Å². The first-order chi connectivity index (χ1) is 13.7. The van der Waals surface area contributed by atoms with Gasteiger partial charge in [0.05, 0.1) is 17.2 Å². The number of rotatable bonds is 2. The van der Waals surface area contributed by atoms with Crippen LogP contribution in [0.3, 0.4) is 0 Å². The van der Waals surface area contributed by atoms with Gasteiger partial charge >= 0.3 is 0 Å². The van der Waals surface area contributed by atoms with E-state index in [0.29, 0.717) is 17.1 Å². The van der Waals surface area contributed by atoms with Crippen LogP contribution in [0.15, 0.2) is 65.1 Å². The summed E-state index contributed by atoms with van der Waals surface area (Å²) in [5.41, 5.74) is 9.30. The minimum Gasteiger partial charge on any atom is -0.454 e. The summed E-state index contributed by atoms with van der Waals surface area (Å²) < 4.78 is 16.9. The van der Waals surface area contributed by atoms with Crippen molar-refractivity contribution in [1.29, 1.82) is 5.26 Å². The number of benzene rings is 2. The molecule has 3 aliphatic heterocycles. The molecular formula is C21H18N4O3. The Morgan fingerprint density at radius 1 is 1.14 bits per heavy atom. The normalized spacial score (nSPS) is 25.1. The molecule has 0 radical (unpaired) electrons. The van der Waals surface area contributed by atoms with Gasteiger partial charge in [0.25, 0.3) is 0 Å². The minimum atomic E-state index is -0.421. The average molecular weight is 374 g/mol. The van der Waals surface area contributed by atoms with E-state index in [0.717, 1.165) is 17.0 Å². The van der Waals surface area contributed by atoms with Gasteiger partial charge in [0, 0.05) is 11.6 Å². The molecule has 3 atom stereocenters. The van der Waals surface area contributed by atoms with Crippen LogP contribution in [0, 0.1) is 17.2 Å². The van der Waals surface area contributed by atoms with E-state index in [1.807, 2.05) is 60.5 Å². The van der Waals surface area contributed by atoms with Crippen LogP contribution in [-0.2, 0) is 4.74 Å². The van der Waals surface area contributed by atoms with Crippen molar-refractivity contribution in [3.05, 3.63) is 65.6 Å². The lowest BCUT2D eigenvalue weighted by Crippen LogP contribution is -2.43. The number of hydrogen-bond donors (Lipinski definition) is 1. The maximum Gasteiger partial charge on any atom is 0.231 e. The van der Waals surface area contributed by atoms with Gasteiger partial charge in [-0.1, -0.05) is 24.3 Å². The van der Waals surface area contributed by atoms with Crippen molar-refractivity contribution in [2.24, 2.45) is 16.8 Å². The zero-order valence-electron chi connectivity index (χ0n) is 15.2. The van der Waals surface area contributed by atoms with Gasteiger partial charge in [-0.2, -0.15) is 10.4 Å². The van der Waals surface area contributed by atoms with Crippen LogP contribution in [0.1, 0.15) is 18.4 Å². The first-order valence-electron chi connectivity index (χ1n) is 9.02. The molecule has 2 N–H and O–H groups in total. The first kappa shape index (κ1) is 16.5. The van der Waals surface area contributed by atoms with Crippen molar-refractivity contribution in [3.8, 4) is 17.6 Å². The molecular weight excluding hydrogens is 356 g/mol. The van der Waals surface area contributed by atoms with E-state index in [1.165, 1.54) is 0 Å². The van der Waals surface area contributed by atoms with Crippen LogP contribution in [0.2, 0.25) is 0 Å². The molecule has 3 aliphatic rings. The standard InChI is InChI=1S/C21H18N4O3/c1-12-18-19(13-7-8-16-17(9-13)27-11-26-16)15(10-22)20(23)28-21(18)25(24-12)14-5-3-2-4-6-14/h2-9,18-19,21H,11,23H2,1H3/t18-,19-,21-/m1/s1. The molecule has 0 amide bonds. The quantitative estimate of drug-likeness (QED) is 0.868. The molecule has 3 heterocycles. The maximum atomic E-state index is 9.80. The smallest absolute Gasteiger partial charge is 0.231 e. The van der Waals surface area contributed by atoms with E-state index in [4.69, 9.17) is 25.0 Å². The Hall–Kier alpha value is -3.66. The minimum absolute atomic E-state index is 0.136. The number of para-hydroxylation sites is 1. The van der Waals surface area contributed by atoms with Gasteiger partial charge in [0.15, 0.2) is 11.5 Å². The third kappa shape index (κ3) is 2.38. The third-order valence-corrected chi connectivity index (χ3v) is 5.38. The van der Waals surface area contributed by atoms with E-state index in [1.54, 1.807) is 0 Å². The molecule has 0 saturated carbocycles. The molecule has 7 heteroatoms. The van der Waals surface area contributed by atoms with E-state index < -0.39 is 6.23 Å². The predicted octanol–water partition coefficient (Wildman–Crippen LogP) is 3.06. The van der Waals surface area contributed by atoms with Crippen molar-refractivity contribution in [2.75, 3.05) is 11.8 Å². The Balaban J connectivity index is 1.61. The fourth-order valence-corrected chi connectivity index (χ4v) is 4.10. The van der Waals surface area contributed by atoms with Crippen molar-refractivity contribution >= 4 is 11.4 Å². The summed E-state index contributed by atoms with van der Waals surface area (Å²) in [5.74, 6) is 1.07. The summed E-state index contributed by atoms with van der Waals surface area (Å²) in [6.07, 6.45) is -0.421. The van der Waals surface area contributed by atoms with Gasteiger partial charge in [0.2, 0.25) is 18.9 Å². The molecule has 2 aromatic carbocycles. The number of nitriles is 1. The number of hydrogen-bond acceptors (Lipinski definition) is 7. The van der Waals surface area contributed by atoms with Gasteiger partial charge in [-0.3, -0.25) is 0 Å². The number of nitrogens with zero attached hydrogens (tertiary/aromatic N) is 3. The summed E-state index contributed by atoms with van der Waals surface area (Å²) in [4.78, 5) is 0. The van der Waals surface area contributed by atoms with Crippen LogP contribution < -0.4 is 20.2 Å². The highest BCUT2D eigenvalue weighted by molar-refractivity contribution is 5.90. The van der Waals surface area contributed by atoms with E-state index in [-0.39, 0.29) is 24.5 Å². The third-order valence-electron chi connectivity index (χ3n) is 5.38. The van der Waals surface area contributed by atoms with Gasteiger partial charge < -0.3 is 19.9 Å². The molecule has 0 saturated heterocycles. The number of anilines is 1. The van der Waals surface area contributed by atoms with Crippen molar-refractivity contribution < 1.29 is 14.2 Å². The maximum absolute atomic E-state index is 9.80. The van der Waals surface area contributed by atoms with Gasteiger partial charge in [-0.05, 0) is 36.8 Å². The molecule has 0 bridgehead atoms. The van der Waals surface area contributed by atoms with E-state index in [2.05, 4.69) is 6.07 Å². The Kier molecular flexibility index (Phi) is 3.66. The summed E-state index contributed by atoms with van der Waals surface area (Å²) >= 11 is 0. The number of nitrogens with two attached hydrogens (primary N) is 1. The summed E-state index contributed by atoms with van der Waals surface area (Å²) in [6.45, 7) is 2.16. The summed E-state index contributed by atoms with van der Waals surface area (Å²) in [5, 5.41) is 16.4. The van der Waals surface area contributed by atoms with Crippen molar-refractivity contribution in [2.45, 2.75) is 19.1 Å². The number of ether oxygens (including phenoxy) is 3. The molecule has 0 spiro atoms. The highest BCUT2D eigenvalue weighted by Crippen LogP contribution is 2.47. The summed E-state index contributed by atoms with van der Waals surface area (Å²) in [7, 11) is 0. The molecule has 0 fully saturated rings. The summed E-state index contributed by atoms with van der Waals surface area (Å²) in [6, 6.07) is 17.8.